The van der Waals surface area contributed by atoms with E-state index in [9.17, 15) is 9.59 Å². The maximum Gasteiger partial charge on any atom is 0.271 e. The van der Waals surface area contributed by atoms with Gasteiger partial charge < -0.3 is 10.1 Å². The third-order valence-electron chi connectivity index (χ3n) is 4.42. The van der Waals surface area contributed by atoms with Crippen LogP contribution in [0.2, 0.25) is 0 Å². The van der Waals surface area contributed by atoms with Gasteiger partial charge in [0.2, 0.25) is 5.91 Å². The smallest absolute Gasteiger partial charge is 0.271 e. The molecule has 0 unspecified atom stereocenters. The number of anilines is 1. The van der Waals surface area contributed by atoms with Crippen LogP contribution in [0.4, 0.5) is 5.69 Å². The van der Waals surface area contributed by atoms with Crippen molar-refractivity contribution < 1.29 is 14.3 Å². The Balaban J connectivity index is 1.47. The molecule has 6 heteroatoms. The molecule has 31 heavy (non-hydrogen) atoms. The molecule has 0 atom stereocenters. The lowest BCUT2D eigenvalue weighted by molar-refractivity contribution is -0.116. The Kier molecular flexibility index (Phi) is 7.94. The van der Waals surface area contributed by atoms with Crippen LogP contribution >= 0.6 is 0 Å². The number of amides is 2. The van der Waals surface area contributed by atoms with E-state index in [1.807, 2.05) is 61.5 Å². The molecule has 6 nitrogen and oxygen atoms in total. The molecule has 0 saturated carbocycles. The van der Waals surface area contributed by atoms with Crippen LogP contribution in [0.25, 0.3) is 0 Å². The topological polar surface area (TPSA) is 79.8 Å². The van der Waals surface area contributed by atoms with Crippen molar-refractivity contribution in [2.24, 2.45) is 5.10 Å². The summed E-state index contributed by atoms with van der Waals surface area (Å²) < 4.78 is 5.75. The van der Waals surface area contributed by atoms with Crippen molar-refractivity contribution in [2.45, 2.75) is 26.4 Å². The summed E-state index contributed by atoms with van der Waals surface area (Å²) in [5.41, 5.74) is 5.55. The van der Waals surface area contributed by atoms with Gasteiger partial charge in [-0.2, -0.15) is 5.10 Å². The highest BCUT2D eigenvalue weighted by Gasteiger charge is 2.05. The Morgan fingerprint density at radius 3 is 2.32 bits per heavy atom. The Morgan fingerprint density at radius 2 is 1.65 bits per heavy atom. The summed E-state index contributed by atoms with van der Waals surface area (Å²) in [6.45, 7) is 2.45. The highest BCUT2D eigenvalue weighted by molar-refractivity contribution is 5.96. The number of hydrogen-bond acceptors (Lipinski definition) is 4. The minimum Gasteiger partial charge on any atom is -0.489 e. The summed E-state index contributed by atoms with van der Waals surface area (Å²) in [4.78, 5) is 23.8. The van der Waals surface area contributed by atoms with Crippen LogP contribution in [-0.4, -0.2) is 18.0 Å². The average Bonchev–Trinajstić information content (AvgIpc) is 2.80. The van der Waals surface area contributed by atoms with Gasteiger partial charge in [-0.1, -0.05) is 37.3 Å². The molecule has 3 aromatic carbocycles. The van der Waals surface area contributed by atoms with E-state index in [1.54, 1.807) is 30.5 Å². The predicted octanol–water partition coefficient (Wildman–Crippen LogP) is 4.77. The summed E-state index contributed by atoms with van der Waals surface area (Å²) >= 11 is 0. The number of rotatable bonds is 9. The van der Waals surface area contributed by atoms with E-state index in [2.05, 4.69) is 15.8 Å². The van der Waals surface area contributed by atoms with Crippen LogP contribution in [0.1, 0.15) is 41.3 Å². The van der Waals surface area contributed by atoms with Crippen LogP contribution in [0.5, 0.6) is 5.75 Å². The van der Waals surface area contributed by atoms with Crippen molar-refractivity contribution in [2.75, 3.05) is 5.32 Å². The number of hydrazone groups is 1. The molecule has 0 fully saturated rings. The maximum absolute atomic E-state index is 12.2. The number of carbonyl (C=O) groups excluding carboxylic acids is 2. The monoisotopic (exact) mass is 415 g/mol. The number of nitrogens with one attached hydrogen (secondary N) is 2. The molecule has 0 bridgehead atoms. The van der Waals surface area contributed by atoms with Gasteiger partial charge in [0, 0.05) is 17.7 Å². The Morgan fingerprint density at radius 1 is 0.935 bits per heavy atom. The maximum atomic E-state index is 12.2. The lowest BCUT2D eigenvalue weighted by Crippen LogP contribution is -2.17. The molecule has 0 aliphatic rings. The van der Waals surface area contributed by atoms with Gasteiger partial charge in [-0.25, -0.2) is 5.43 Å². The van der Waals surface area contributed by atoms with Crippen LogP contribution in [-0.2, 0) is 11.4 Å². The summed E-state index contributed by atoms with van der Waals surface area (Å²) in [5, 5.41) is 6.79. The molecule has 3 aromatic rings. The van der Waals surface area contributed by atoms with Crippen molar-refractivity contribution >= 4 is 23.7 Å². The van der Waals surface area contributed by atoms with Crippen LogP contribution in [0.3, 0.4) is 0 Å². The van der Waals surface area contributed by atoms with Gasteiger partial charge in [0.15, 0.2) is 0 Å². The van der Waals surface area contributed by atoms with Gasteiger partial charge in [0.05, 0.1) is 6.21 Å². The number of carbonyl (C=O) groups is 2. The first-order valence-electron chi connectivity index (χ1n) is 10.1. The van der Waals surface area contributed by atoms with Crippen LogP contribution in [0.15, 0.2) is 84.0 Å². The molecule has 2 N–H and O–H groups in total. The second-order valence-corrected chi connectivity index (χ2v) is 6.92. The number of nitrogens with zero attached hydrogens (tertiary/aromatic N) is 1. The van der Waals surface area contributed by atoms with Crippen molar-refractivity contribution in [3.63, 3.8) is 0 Å². The fraction of sp³-hybridized carbons (Fsp3) is 0.160. The average molecular weight is 415 g/mol. The minimum atomic E-state index is -0.328. The van der Waals surface area contributed by atoms with Gasteiger partial charge in [-0.05, 0) is 66.1 Å². The Labute approximate surface area is 182 Å². The summed E-state index contributed by atoms with van der Waals surface area (Å²) in [7, 11) is 0. The fourth-order valence-electron chi connectivity index (χ4n) is 2.78. The van der Waals surface area contributed by atoms with E-state index in [-0.39, 0.29) is 11.8 Å². The van der Waals surface area contributed by atoms with Gasteiger partial charge >= 0.3 is 0 Å². The van der Waals surface area contributed by atoms with E-state index in [0.717, 1.165) is 23.3 Å². The molecule has 0 radical (unpaired) electrons. The molecule has 0 saturated heterocycles. The lowest BCUT2D eigenvalue weighted by Gasteiger charge is -2.06. The molecular weight excluding hydrogens is 390 g/mol. The third kappa shape index (κ3) is 7.12. The first-order valence-corrected chi connectivity index (χ1v) is 10.1. The van der Waals surface area contributed by atoms with E-state index in [4.69, 9.17) is 4.74 Å². The second-order valence-electron chi connectivity index (χ2n) is 6.92. The first-order chi connectivity index (χ1) is 15.1. The van der Waals surface area contributed by atoms with Crippen molar-refractivity contribution in [3.05, 3.63) is 95.6 Å². The quantitative estimate of drug-likeness (QED) is 0.390. The van der Waals surface area contributed by atoms with E-state index >= 15 is 0 Å². The molecule has 0 aliphatic carbocycles. The van der Waals surface area contributed by atoms with E-state index in [1.165, 1.54) is 0 Å². The largest absolute Gasteiger partial charge is 0.489 e. The molecule has 0 aliphatic heterocycles. The highest BCUT2D eigenvalue weighted by Crippen LogP contribution is 2.14. The van der Waals surface area contributed by atoms with Gasteiger partial charge in [-0.15, -0.1) is 0 Å². The number of benzene rings is 3. The molecule has 0 aromatic heterocycles. The molecule has 0 spiro atoms. The Bertz CT molecular complexity index is 1010. The zero-order valence-electron chi connectivity index (χ0n) is 17.4. The SMILES string of the molecule is CCCC(=O)Nc1ccc(C(=O)NN=Cc2ccc(OCc3ccccc3)cc2)cc1. The Hall–Kier alpha value is -3.93. The standard InChI is InChI=1S/C25H25N3O3/c1-2-6-24(29)27-22-13-11-21(12-14-22)25(30)28-26-17-19-9-15-23(16-10-19)31-18-20-7-4-3-5-8-20/h3-5,7-17H,2,6,18H2,1H3,(H,27,29)(H,28,30). The van der Waals surface area contributed by atoms with E-state index in [0.29, 0.717) is 24.3 Å². The molecule has 3 rings (SSSR count). The summed E-state index contributed by atoms with van der Waals surface area (Å²) in [6.07, 6.45) is 2.82. The fourth-order valence-corrected chi connectivity index (χ4v) is 2.78. The zero-order chi connectivity index (χ0) is 21.9. The minimum absolute atomic E-state index is 0.0409. The lowest BCUT2D eigenvalue weighted by atomic mass is 10.2. The zero-order valence-corrected chi connectivity index (χ0v) is 17.4. The van der Waals surface area contributed by atoms with Gasteiger partial charge in [-0.3, -0.25) is 9.59 Å². The van der Waals surface area contributed by atoms with Gasteiger partial charge in [0.1, 0.15) is 12.4 Å². The molecular formula is C25H25N3O3. The number of ether oxygens (including phenoxy) is 1. The number of hydrogen-bond donors (Lipinski definition) is 2. The normalized spacial score (nSPS) is 10.6. The van der Waals surface area contributed by atoms with Crippen molar-refractivity contribution in [3.8, 4) is 5.75 Å². The van der Waals surface area contributed by atoms with Crippen LogP contribution in [0, 0.1) is 0 Å². The first kappa shape index (κ1) is 21.8. The third-order valence-corrected chi connectivity index (χ3v) is 4.42. The van der Waals surface area contributed by atoms with Gasteiger partial charge in [0.25, 0.3) is 5.91 Å². The van der Waals surface area contributed by atoms with Crippen molar-refractivity contribution in [1.29, 1.82) is 0 Å². The van der Waals surface area contributed by atoms with E-state index < -0.39 is 0 Å². The molecule has 0 heterocycles. The molecule has 158 valence electrons. The molecule has 2 amide bonds. The second kappa shape index (κ2) is 11.3. The van der Waals surface area contributed by atoms with Crippen molar-refractivity contribution in [1.82, 2.24) is 5.43 Å². The van der Waals surface area contributed by atoms with Crippen LogP contribution < -0.4 is 15.5 Å². The predicted molar refractivity (Wildman–Crippen MR) is 122 cm³/mol. The summed E-state index contributed by atoms with van der Waals surface area (Å²) in [6, 6.07) is 24.1. The summed E-state index contributed by atoms with van der Waals surface area (Å²) in [5.74, 6) is 0.391. The highest BCUT2D eigenvalue weighted by atomic mass is 16.5.